The highest BCUT2D eigenvalue weighted by Gasteiger charge is 2.33. The van der Waals surface area contributed by atoms with E-state index in [1.165, 1.54) is 18.4 Å². The second kappa shape index (κ2) is 7.01. The van der Waals surface area contributed by atoms with Crippen molar-refractivity contribution in [3.63, 3.8) is 0 Å². The van der Waals surface area contributed by atoms with Gasteiger partial charge < -0.3 is 19.5 Å². The molecule has 0 radical (unpaired) electrons. The molecule has 2 atom stereocenters. The summed E-state index contributed by atoms with van der Waals surface area (Å²) in [6, 6.07) is 6.29. The van der Waals surface area contributed by atoms with Crippen molar-refractivity contribution in [1.82, 2.24) is 5.32 Å². The van der Waals surface area contributed by atoms with Crippen LogP contribution in [0.25, 0.3) is 0 Å². The summed E-state index contributed by atoms with van der Waals surface area (Å²) in [4.78, 5) is 12.1. The van der Waals surface area contributed by atoms with E-state index < -0.39 is 0 Å². The first kappa shape index (κ1) is 15.8. The van der Waals surface area contributed by atoms with Gasteiger partial charge in [0.1, 0.15) is 19.3 Å². The summed E-state index contributed by atoms with van der Waals surface area (Å²) < 4.78 is 16.8. The molecule has 24 heavy (non-hydrogen) atoms. The number of nitrogens with one attached hydrogen (secondary N) is 1. The second-order valence-electron chi connectivity index (χ2n) is 6.93. The first-order valence-corrected chi connectivity index (χ1v) is 9.10. The van der Waals surface area contributed by atoms with Crippen LogP contribution >= 0.6 is 0 Å². The number of fused-ring (bicyclic) bond motifs is 1. The Morgan fingerprint density at radius 1 is 1.12 bits per heavy atom. The van der Waals surface area contributed by atoms with Crippen molar-refractivity contribution in [1.29, 1.82) is 0 Å². The largest absolute Gasteiger partial charge is 0.486 e. The van der Waals surface area contributed by atoms with Crippen molar-refractivity contribution >= 4 is 5.91 Å². The summed E-state index contributed by atoms with van der Waals surface area (Å²) >= 11 is 0. The summed E-state index contributed by atoms with van der Waals surface area (Å²) in [5, 5.41) is 3.05. The first-order chi connectivity index (χ1) is 11.8. The van der Waals surface area contributed by atoms with Crippen molar-refractivity contribution in [3.05, 3.63) is 23.8 Å². The van der Waals surface area contributed by atoms with E-state index in [-0.39, 0.29) is 12.0 Å². The van der Waals surface area contributed by atoms with Gasteiger partial charge >= 0.3 is 0 Å². The zero-order valence-electron chi connectivity index (χ0n) is 14.0. The molecule has 0 spiro atoms. The van der Waals surface area contributed by atoms with Crippen LogP contribution in [0.15, 0.2) is 18.2 Å². The number of hydrogen-bond acceptors (Lipinski definition) is 4. The molecule has 5 heteroatoms. The molecule has 0 bridgehead atoms. The predicted molar refractivity (Wildman–Crippen MR) is 89.5 cm³/mol. The van der Waals surface area contributed by atoms with Gasteiger partial charge in [-0.3, -0.25) is 4.79 Å². The maximum atomic E-state index is 12.1. The van der Waals surface area contributed by atoms with Crippen molar-refractivity contribution in [2.45, 2.75) is 44.1 Å². The van der Waals surface area contributed by atoms with E-state index >= 15 is 0 Å². The lowest BCUT2D eigenvalue weighted by Gasteiger charge is -2.22. The van der Waals surface area contributed by atoms with Gasteiger partial charge in [0, 0.05) is 13.2 Å². The molecule has 2 unspecified atom stereocenters. The maximum absolute atomic E-state index is 12.1. The number of benzene rings is 1. The molecule has 1 N–H and O–H groups in total. The van der Waals surface area contributed by atoms with Crippen LogP contribution in [0.4, 0.5) is 0 Å². The van der Waals surface area contributed by atoms with Crippen LogP contribution in [0.1, 0.15) is 43.6 Å². The smallest absolute Gasteiger partial charge is 0.249 e. The average Bonchev–Trinajstić information content (AvgIpc) is 3.30. The third-order valence-corrected chi connectivity index (χ3v) is 5.16. The highest BCUT2D eigenvalue weighted by atomic mass is 16.6. The molecule has 5 nitrogen and oxygen atoms in total. The summed E-state index contributed by atoms with van der Waals surface area (Å²) in [5.41, 5.74) is 1.30. The standard InChI is InChI=1S/C19H25NO4/c21-19(17-2-1-9-22-17)20-8-7-15(13-3-4-13)14-5-6-16-18(12-14)24-11-10-23-16/h5-6,12-13,15,17H,1-4,7-11H2,(H,20,21). The minimum atomic E-state index is -0.237. The van der Waals surface area contributed by atoms with Gasteiger partial charge in [0.25, 0.3) is 0 Å². The molecule has 2 aliphatic heterocycles. The normalized spacial score (nSPS) is 23.8. The molecule has 130 valence electrons. The second-order valence-corrected chi connectivity index (χ2v) is 6.93. The SMILES string of the molecule is O=C(NCCC(c1ccc2c(c1)OCCO2)C1CC1)C1CCCO1. The van der Waals surface area contributed by atoms with E-state index in [0.717, 1.165) is 36.7 Å². The number of carbonyl (C=O) groups is 1. The first-order valence-electron chi connectivity index (χ1n) is 9.10. The van der Waals surface area contributed by atoms with Gasteiger partial charge in [0.05, 0.1) is 0 Å². The topological polar surface area (TPSA) is 56.8 Å². The minimum absolute atomic E-state index is 0.0456. The molecule has 1 saturated heterocycles. The van der Waals surface area contributed by atoms with Gasteiger partial charge in [-0.05, 0) is 61.6 Å². The van der Waals surface area contributed by atoms with Crippen LogP contribution in [-0.2, 0) is 9.53 Å². The summed E-state index contributed by atoms with van der Waals surface area (Å²) in [7, 11) is 0. The van der Waals surface area contributed by atoms with Crippen LogP contribution in [0.2, 0.25) is 0 Å². The molecular formula is C19H25NO4. The Kier molecular flexibility index (Phi) is 4.60. The molecule has 1 aromatic rings. The Bertz CT molecular complexity index is 593. The third kappa shape index (κ3) is 3.51. The zero-order chi connectivity index (χ0) is 16.4. The Morgan fingerprint density at radius 3 is 2.71 bits per heavy atom. The van der Waals surface area contributed by atoms with E-state index in [1.54, 1.807) is 0 Å². The minimum Gasteiger partial charge on any atom is -0.486 e. The van der Waals surface area contributed by atoms with Crippen molar-refractivity contribution in [3.8, 4) is 11.5 Å². The predicted octanol–water partition coefficient (Wildman–Crippen LogP) is 2.64. The molecule has 4 rings (SSSR count). The molecular weight excluding hydrogens is 306 g/mol. The number of rotatable bonds is 6. The van der Waals surface area contributed by atoms with Gasteiger partial charge in [0.2, 0.25) is 5.91 Å². The van der Waals surface area contributed by atoms with Gasteiger partial charge in [-0.15, -0.1) is 0 Å². The van der Waals surface area contributed by atoms with Gasteiger partial charge in [-0.2, -0.15) is 0 Å². The van der Waals surface area contributed by atoms with Crippen LogP contribution in [-0.4, -0.2) is 38.4 Å². The fourth-order valence-corrected chi connectivity index (χ4v) is 3.71. The molecule has 3 aliphatic rings. The van der Waals surface area contributed by atoms with Crippen LogP contribution in [0.5, 0.6) is 11.5 Å². The van der Waals surface area contributed by atoms with E-state index in [4.69, 9.17) is 14.2 Å². The molecule has 2 fully saturated rings. The Balaban J connectivity index is 1.37. The van der Waals surface area contributed by atoms with E-state index in [0.29, 0.717) is 32.3 Å². The molecule has 1 saturated carbocycles. The number of hydrogen-bond donors (Lipinski definition) is 1. The number of carbonyl (C=O) groups excluding carboxylic acids is 1. The summed E-state index contributed by atoms with van der Waals surface area (Å²) in [6.07, 6.45) is 5.11. The van der Waals surface area contributed by atoms with E-state index in [9.17, 15) is 4.79 Å². The monoisotopic (exact) mass is 331 g/mol. The lowest BCUT2D eigenvalue weighted by molar-refractivity contribution is -0.130. The Morgan fingerprint density at radius 2 is 1.96 bits per heavy atom. The Hall–Kier alpha value is -1.75. The lowest BCUT2D eigenvalue weighted by Crippen LogP contribution is -2.35. The maximum Gasteiger partial charge on any atom is 0.249 e. The Labute approximate surface area is 142 Å². The van der Waals surface area contributed by atoms with Gasteiger partial charge in [-0.1, -0.05) is 6.07 Å². The van der Waals surface area contributed by atoms with Crippen molar-refractivity contribution in [2.75, 3.05) is 26.4 Å². The summed E-state index contributed by atoms with van der Waals surface area (Å²) in [5.74, 6) is 2.95. The highest BCUT2D eigenvalue weighted by molar-refractivity contribution is 5.80. The van der Waals surface area contributed by atoms with E-state index in [1.807, 2.05) is 6.07 Å². The van der Waals surface area contributed by atoms with E-state index in [2.05, 4.69) is 17.4 Å². The average molecular weight is 331 g/mol. The quantitative estimate of drug-likeness (QED) is 0.871. The van der Waals surface area contributed by atoms with Gasteiger partial charge in [0.15, 0.2) is 11.5 Å². The molecule has 2 heterocycles. The van der Waals surface area contributed by atoms with Crippen LogP contribution < -0.4 is 14.8 Å². The van der Waals surface area contributed by atoms with Crippen LogP contribution in [0, 0.1) is 5.92 Å². The van der Waals surface area contributed by atoms with Crippen LogP contribution in [0.3, 0.4) is 0 Å². The fourth-order valence-electron chi connectivity index (χ4n) is 3.71. The molecule has 0 aromatic heterocycles. The third-order valence-electron chi connectivity index (χ3n) is 5.16. The molecule has 1 amide bonds. The van der Waals surface area contributed by atoms with Crippen molar-refractivity contribution in [2.24, 2.45) is 5.92 Å². The molecule has 1 aromatic carbocycles. The summed E-state index contributed by atoms with van der Waals surface area (Å²) in [6.45, 7) is 2.64. The van der Waals surface area contributed by atoms with Gasteiger partial charge in [-0.25, -0.2) is 0 Å². The highest BCUT2D eigenvalue weighted by Crippen LogP contribution is 2.46. The number of amides is 1. The lowest BCUT2D eigenvalue weighted by atomic mass is 9.90. The number of ether oxygens (including phenoxy) is 3. The zero-order valence-corrected chi connectivity index (χ0v) is 14.0. The van der Waals surface area contributed by atoms with Crippen molar-refractivity contribution < 1.29 is 19.0 Å². The fraction of sp³-hybridized carbons (Fsp3) is 0.632. The molecule has 1 aliphatic carbocycles.